The van der Waals surface area contributed by atoms with E-state index in [2.05, 4.69) is 24.3 Å². The molecule has 0 fully saturated rings. The van der Waals surface area contributed by atoms with Crippen molar-refractivity contribution in [2.24, 2.45) is 0 Å². The van der Waals surface area contributed by atoms with Crippen molar-refractivity contribution < 1.29 is 14.6 Å². The molecule has 6 heteroatoms. The molecule has 0 aliphatic carbocycles. The predicted molar refractivity (Wildman–Crippen MR) is 79.9 cm³/mol. The summed E-state index contributed by atoms with van der Waals surface area (Å²) in [5.74, 6) is -0.357. The molecule has 1 aromatic heterocycles. The van der Waals surface area contributed by atoms with Crippen LogP contribution < -0.4 is 10.1 Å². The maximum atomic E-state index is 11.0. The lowest BCUT2D eigenvalue weighted by Crippen LogP contribution is -2.04. The Hall–Kier alpha value is -2.50. The van der Waals surface area contributed by atoms with E-state index in [0.29, 0.717) is 24.0 Å². The summed E-state index contributed by atoms with van der Waals surface area (Å²) in [5.41, 5.74) is 1.89. The number of aromatic carboxylic acids is 1. The summed E-state index contributed by atoms with van der Waals surface area (Å²) in [6, 6.07) is 5.03. The van der Waals surface area contributed by atoms with Crippen LogP contribution >= 0.6 is 0 Å². The summed E-state index contributed by atoms with van der Waals surface area (Å²) < 4.78 is 7.11. The fourth-order valence-electron chi connectivity index (χ4n) is 1.93. The largest absolute Gasteiger partial charge is 0.495 e. The van der Waals surface area contributed by atoms with Gasteiger partial charge in [-0.3, -0.25) is 4.68 Å². The van der Waals surface area contributed by atoms with E-state index in [1.54, 1.807) is 25.4 Å². The third-order valence-corrected chi connectivity index (χ3v) is 3.11. The molecular weight excluding hydrogens is 270 g/mol. The van der Waals surface area contributed by atoms with Gasteiger partial charge in [0.15, 0.2) is 0 Å². The Morgan fingerprint density at radius 1 is 1.48 bits per heavy atom. The zero-order valence-electron chi connectivity index (χ0n) is 12.3. The number of nitrogens with zero attached hydrogens (tertiary/aromatic N) is 2. The minimum absolute atomic E-state index is 0.219. The van der Waals surface area contributed by atoms with Crippen LogP contribution in [0.25, 0.3) is 0 Å². The molecule has 0 bridgehead atoms. The summed E-state index contributed by atoms with van der Waals surface area (Å²) in [5, 5.41) is 16.5. The molecule has 2 aromatic rings. The molecule has 0 aliphatic rings. The number of hydrogen-bond acceptors (Lipinski definition) is 4. The highest BCUT2D eigenvalue weighted by Gasteiger charge is 2.09. The van der Waals surface area contributed by atoms with Crippen molar-refractivity contribution in [1.82, 2.24) is 9.78 Å². The fraction of sp³-hybridized carbons (Fsp3) is 0.333. The number of carboxylic acids is 1. The summed E-state index contributed by atoms with van der Waals surface area (Å²) >= 11 is 0. The van der Waals surface area contributed by atoms with Crippen molar-refractivity contribution in [3.63, 3.8) is 0 Å². The molecule has 21 heavy (non-hydrogen) atoms. The van der Waals surface area contributed by atoms with Crippen LogP contribution in [0.15, 0.2) is 30.6 Å². The van der Waals surface area contributed by atoms with Crippen LogP contribution in [0.1, 0.15) is 35.8 Å². The van der Waals surface area contributed by atoms with Crippen LogP contribution in [0.5, 0.6) is 5.75 Å². The molecule has 0 unspecified atom stereocenters. The lowest BCUT2D eigenvalue weighted by molar-refractivity contribution is 0.0697. The molecule has 0 amide bonds. The number of carbonyl (C=O) groups is 1. The van der Waals surface area contributed by atoms with Crippen molar-refractivity contribution in [3.8, 4) is 5.75 Å². The van der Waals surface area contributed by atoms with E-state index in [1.165, 1.54) is 6.07 Å². The Kier molecular flexibility index (Phi) is 4.47. The third kappa shape index (κ3) is 3.53. The zero-order valence-corrected chi connectivity index (χ0v) is 12.3. The van der Waals surface area contributed by atoms with E-state index in [4.69, 9.17) is 9.84 Å². The minimum Gasteiger partial charge on any atom is -0.495 e. The summed E-state index contributed by atoms with van der Waals surface area (Å²) in [6.45, 7) is 4.67. The van der Waals surface area contributed by atoms with Crippen molar-refractivity contribution in [2.45, 2.75) is 26.4 Å². The Morgan fingerprint density at radius 3 is 2.81 bits per heavy atom. The third-order valence-electron chi connectivity index (χ3n) is 3.11. The van der Waals surface area contributed by atoms with Crippen molar-refractivity contribution in [3.05, 3.63) is 41.7 Å². The first-order valence-electron chi connectivity index (χ1n) is 6.69. The Balaban J connectivity index is 2.14. The van der Waals surface area contributed by atoms with E-state index >= 15 is 0 Å². The molecule has 6 nitrogen and oxygen atoms in total. The smallest absolute Gasteiger partial charge is 0.335 e. The number of rotatable bonds is 6. The molecule has 1 aromatic carbocycles. The maximum Gasteiger partial charge on any atom is 0.335 e. The standard InChI is InChI=1S/C15H19N3O3/c1-10(2)18-9-11(8-17-18)7-16-13-6-12(15(19)20)4-5-14(13)21-3/h4-6,8-10,16H,7H2,1-3H3,(H,19,20). The fourth-order valence-corrected chi connectivity index (χ4v) is 1.93. The van der Waals surface area contributed by atoms with Gasteiger partial charge in [0.25, 0.3) is 0 Å². The molecule has 0 aliphatic heterocycles. The Morgan fingerprint density at radius 2 is 2.24 bits per heavy atom. The number of aromatic nitrogens is 2. The highest BCUT2D eigenvalue weighted by Crippen LogP contribution is 2.26. The quantitative estimate of drug-likeness (QED) is 0.855. The summed E-state index contributed by atoms with van der Waals surface area (Å²) in [6.07, 6.45) is 3.76. The van der Waals surface area contributed by atoms with Crippen LogP contribution in [-0.4, -0.2) is 28.0 Å². The molecule has 2 rings (SSSR count). The van der Waals surface area contributed by atoms with Gasteiger partial charge >= 0.3 is 5.97 Å². The summed E-state index contributed by atoms with van der Waals surface area (Å²) in [7, 11) is 1.55. The number of methoxy groups -OCH3 is 1. The molecule has 0 saturated carbocycles. The van der Waals surface area contributed by atoms with Gasteiger partial charge in [-0.05, 0) is 32.0 Å². The van der Waals surface area contributed by atoms with Crippen molar-refractivity contribution >= 4 is 11.7 Å². The second kappa shape index (κ2) is 6.30. The molecule has 112 valence electrons. The predicted octanol–water partition coefficient (Wildman–Crippen LogP) is 2.78. The SMILES string of the molecule is COc1ccc(C(=O)O)cc1NCc1cnn(C(C)C)c1. The monoisotopic (exact) mass is 289 g/mol. The minimum atomic E-state index is -0.965. The van der Waals surface area contributed by atoms with Gasteiger partial charge in [0, 0.05) is 24.3 Å². The second-order valence-electron chi connectivity index (χ2n) is 5.00. The Bertz CT molecular complexity index is 635. The van der Waals surface area contributed by atoms with E-state index < -0.39 is 5.97 Å². The topological polar surface area (TPSA) is 76.4 Å². The molecular formula is C15H19N3O3. The number of hydrogen-bond donors (Lipinski definition) is 2. The Labute approximate surface area is 123 Å². The van der Waals surface area contributed by atoms with E-state index in [9.17, 15) is 4.79 Å². The van der Waals surface area contributed by atoms with E-state index in [-0.39, 0.29) is 5.56 Å². The normalized spacial score (nSPS) is 10.7. The number of benzene rings is 1. The van der Waals surface area contributed by atoms with E-state index in [0.717, 1.165) is 5.56 Å². The molecule has 0 spiro atoms. The van der Waals surface area contributed by atoms with Crippen LogP contribution in [0.2, 0.25) is 0 Å². The average molecular weight is 289 g/mol. The lowest BCUT2D eigenvalue weighted by Gasteiger charge is -2.11. The van der Waals surface area contributed by atoms with Gasteiger partial charge in [0.2, 0.25) is 0 Å². The van der Waals surface area contributed by atoms with Gasteiger partial charge in [0.1, 0.15) is 5.75 Å². The zero-order chi connectivity index (χ0) is 15.4. The number of anilines is 1. The van der Waals surface area contributed by atoms with Crippen LogP contribution in [0, 0.1) is 0 Å². The number of nitrogens with one attached hydrogen (secondary N) is 1. The molecule has 2 N–H and O–H groups in total. The van der Waals surface area contributed by atoms with Gasteiger partial charge in [-0.2, -0.15) is 5.10 Å². The van der Waals surface area contributed by atoms with Crippen molar-refractivity contribution in [1.29, 1.82) is 0 Å². The molecule has 0 radical (unpaired) electrons. The highest BCUT2D eigenvalue weighted by atomic mass is 16.5. The molecule has 0 atom stereocenters. The first kappa shape index (κ1) is 14.9. The second-order valence-corrected chi connectivity index (χ2v) is 5.00. The van der Waals surface area contributed by atoms with Gasteiger partial charge in [0.05, 0.1) is 24.6 Å². The van der Waals surface area contributed by atoms with Gasteiger partial charge < -0.3 is 15.2 Å². The van der Waals surface area contributed by atoms with Gasteiger partial charge in [-0.15, -0.1) is 0 Å². The average Bonchev–Trinajstić information content (AvgIpc) is 2.93. The molecule has 1 heterocycles. The van der Waals surface area contributed by atoms with Crippen LogP contribution in [0.3, 0.4) is 0 Å². The number of carboxylic acid groups (broad SMARTS) is 1. The first-order chi connectivity index (χ1) is 10.0. The summed E-state index contributed by atoms with van der Waals surface area (Å²) in [4.78, 5) is 11.0. The molecule has 0 saturated heterocycles. The van der Waals surface area contributed by atoms with Gasteiger partial charge in [-0.1, -0.05) is 0 Å². The van der Waals surface area contributed by atoms with Crippen molar-refractivity contribution in [2.75, 3.05) is 12.4 Å². The maximum absolute atomic E-state index is 11.0. The van der Waals surface area contributed by atoms with E-state index in [1.807, 2.05) is 10.9 Å². The van der Waals surface area contributed by atoms with Crippen LogP contribution in [0.4, 0.5) is 5.69 Å². The lowest BCUT2D eigenvalue weighted by atomic mass is 10.2. The highest BCUT2D eigenvalue weighted by molar-refractivity contribution is 5.89. The van der Waals surface area contributed by atoms with Gasteiger partial charge in [-0.25, -0.2) is 4.79 Å². The van der Waals surface area contributed by atoms with Crippen LogP contribution in [-0.2, 0) is 6.54 Å². The number of ether oxygens (including phenoxy) is 1. The first-order valence-corrected chi connectivity index (χ1v) is 6.69.